The Balaban J connectivity index is 2.22. The molecule has 0 aliphatic rings. The molecule has 1 aromatic heterocycles. The first kappa shape index (κ1) is 15.6. The maximum atomic E-state index is 9.44. The van der Waals surface area contributed by atoms with Crippen LogP contribution in [-0.4, -0.2) is 13.1 Å². The normalized spacial score (nSPS) is 10.3. The SMILES string of the molecule is CCNCc1ccc(N(CC)Cc2cccs2)c(C#N)c1. The van der Waals surface area contributed by atoms with Gasteiger partial charge >= 0.3 is 0 Å². The van der Waals surface area contributed by atoms with E-state index in [9.17, 15) is 5.26 Å². The fourth-order valence-corrected chi connectivity index (χ4v) is 3.01. The molecular formula is C17H21N3S. The molecule has 1 aromatic carbocycles. The Morgan fingerprint density at radius 2 is 2.14 bits per heavy atom. The van der Waals surface area contributed by atoms with Crippen molar-refractivity contribution in [2.24, 2.45) is 0 Å². The van der Waals surface area contributed by atoms with E-state index in [1.165, 1.54) is 4.88 Å². The van der Waals surface area contributed by atoms with Gasteiger partial charge in [-0.15, -0.1) is 11.3 Å². The van der Waals surface area contributed by atoms with Gasteiger partial charge in [0.05, 0.1) is 17.8 Å². The number of anilines is 1. The highest BCUT2D eigenvalue weighted by molar-refractivity contribution is 7.09. The summed E-state index contributed by atoms with van der Waals surface area (Å²) in [7, 11) is 0. The third-order valence-corrected chi connectivity index (χ3v) is 4.27. The summed E-state index contributed by atoms with van der Waals surface area (Å²) in [5.74, 6) is 0. The van der Waals surface area contributed by atoms with Crippen molar-refractivity contribution in [3.05, 3.63) is 51.7 Å². The molecule has 1 N–H and O–H groups in total. The van der Waals surface area contributed by atoms with Gasteiger partial charge in [-0.2, -0.15) is 5.26 Å². The van der Waals surface area contributed by atoms with Crippen molar-refractivity contribution in [3.8, 4) is 6.07 Å². The van der Waals surface area contributed by atoms with Crippen LogP contribution in [0.2, 0.25) is 0 Å². The molecule has 0 radical (unpaired) electrons. The first-order valence-electron chi connectivity index (χ1n) is 7.29. The quantitative estimate of drug-likeness (QED) is 0.846. The molecule has 21 heavy (non-hydrogen) atoms. The summed E-state index contributed by atoms with van der Waals surface area (Å²) in [4.78, 5) is 3.57. The van der Waals surface area contributed by atoms with E-state index >= 15 is 0 Å². The number of hydrogen-bond donors (Lipinski definition) is 1. The number of nitrogens with zero attached hydrogens (tertiary/aromatic N) is 2. The second kappa shape index (κ2) is 7.82. The molecule has 0 bridgehead atoms. The Kier molecular flexibility index (Phi) is 5.79. The molecule has 2 aromatic rings. The summed E-state index contributed by atoms with van der Waals surface area (Å²) < 4.78 is 0. The predicted octanol–water partition coefficient (Wildman–Crippen LogP) is 3.76. The standard InChI is InChI=1S/C17H21N3S/c1-3-19-12-14-7-8-17(15(10-14)11-18)20(4-2)13-16-6-5-9-21-16/h5-10,19H,3-4,12-13H2,1-2H3. The largest absolute Gasteiger partial charge is 0.366 e. The number of thiophene rings is 1. The van der Waals surface area contributed by atoms with Crippen LogP contribution in [0.25, 0.3) is 0 Å². The Hall–Kier alpha value is -1.83. The van der Waals surface area contributed by atoms with E-state index in [2.05, 4.69) is 59.8 Å². The molecule has 0 atom stereocenters. The van der Waals surface area contributed by atoms with Crippen LogP contribution in [0, 0.1) is 11.3 Å². The van der Waals surface area contributed by atoms with E-state index in [4.69, 9.17) is 0 Å². The minimum Gasteiger partial charge on any atom is -0.366 e. The van der Waals surface area contributed by atoms with E-state index in [1.807, 2.05) is 6.07 Å². The molecule has 0 aliphatic heterocycles. The van der Waals surface area contributed by atoms with Crippen molar-refractivity contribution in [2.45, 2.75) is 26.9 Å². The van der Waals surface area contributed by atoms with Crippen molar-refractivity contribution in [1.82, 2.24) is 5.32 Å². The Morgan fingerprint density at radius 1 is 1.29 bits per heavy atom. The van der Waals surface area contributed by atoms with Crippen LogP contribution in [0.4, 0.5) is 5.69 Å². The fourth-order valence-electron chi connectivity index (χ4n) is 2.29. The molecule has 0 saturated heterocycles. The van der Waals surface area contributed by atoms with Crippen molar-refractivity contribution >= 4 is 17.0 Å². The van der Waals surface area contributed by atoms with E-state index in [0.29, 0.717) is 0 Å². The topological polar surface area (TPSA) is 39.1 Å². The minimum atomic E-state index is 0.754. The molecule has 4 heteroatoms. The van der Waals surface area contributed by atoms with Gasteiger partial charge in [0.1, 0.15) is 6.07 Å². The zero-order valence-corrected chi connectivity index (χ0v) is 13.4. The van der Waals surface area contributed by atoms with Crippen LogP contribution in [0.1, 0.15) is 29.9 Å². The molecule has 0 unspecified atom stereocenters. The van der Waals surface area contributed by atoms with E-state index in [0.717, 1.165) is 43.0 Å². The number of rotatable bonds is 7. The maximum absolute atomic E-state index is 9.44. The zero-order valence-electron chi connectivity index (χ0n) is 12.6. The average Bonchev–Trinajstić information content (AvgIpc) is 3.03. The number of nitrogens with one attached hydrogen (secondary N) is 1. The van der Waals surface area contributed by atoms with Crippen molar-refractivity contribution in [2.75, 3.05) is 18.0 Å². The van der Waals surface area contributed by atoms with Crippen LogP contribution >= 0.6 is 11.3 Å². The predicted molar refractivity (Wildman–Crippen MR) is 89.6 cm³/mol. The average molecular weight is 299 g/mol. The summed E-state index contributed by atoms with van der Waals surface area (Å²) in [6.07, 6.45) is 0. The first-order chi connectivity index (χ1) is 10.3. The molecule has 110 valence electrons. The smallest absolute Gasteiger partial charge is 0.101 e. The molecule has 0 spiro atoms. The van der Waals surface area contributed by atoms with Gasteiger partial charge in [-0.3, -0.25) is 0 Å². The number of hydrogen-bond acceptors (Lipinski definition) is 4. The highest BCUT2D eigenvalue weighted by Crippen LogP contribution is 2.24. The monoisotopic (exact) mass is 299 g/mol. The summed E-state index contributed by atoms with van der Waals surface area (Å²) >= 11 is 1.75. The lowest BCUT2D eigenvalue weighted by molar-refractivity contribution is 0.726. The lowest BCUT2D eigenvalue weighted by Gasteiger charge is -2.24. The van der Waals surface area contributed by atoms with E-state index in [1.54, 1.807) is 11.3 Å². The molecule has 0 aliphatic carbocycles. The third kappa shape index (κ3) is 4.07. The lowest BCUT2D eigenvalue weighted by atomic mass is 10.1. The summed E-state index contributed by atoms with van der Waals surface area (Å²) in [6, 6.07) is 12.7. The maximum Gasteiger partial charge on any atom is 0.101 e. The zero-order chi connectivity index (χ0) is 15.1. The van der Waals surface area contributed by atoms with Gasteiger partial charge in [0.2, 0.25) is 0 Å². The molecule has 3 nitrogen and oxygen atoms in total. The van der Waals surface area contributed by atoms with Gasteiger partial charge in [0, 0.05) is 18.0 Å². The number of nitriles is 1. The van der Waals surface area contributed by atoms with Crippen LogP contribution in [-0.2, 0) is 13.1 Å². The molecule has 0 amide bonds. The van der Waals surface area contributed by atoms with Crippen LogP contribution in [0.5, 0.6) is 0 Å². The summed E-state index contributed by atoms with van der Waals surface area (Å²) in [5, 5.41) is 14.8. The van der Waals surface area contributed by atoms with Crippen LogP contribution < -0.4 is 10.2 Å². The first-order valence-corrected chi connectivity index (χ1v) is 8.17. The van der Waals surface area contributed by atoms with Crippen molar-refractivity contribution in [1.29, 1.82) is 5.26 Å². The second-order valence-corrected chi connectivity index (χ2v) is 5.87. The molecule has 0 fully saturated rings. The lowest BCUT2D eigenvalue weighted by Crippen LogP contribution is -2.22. The minimum absolute atomic E-state index is 0.754. The van der Waals surface area contributed by atoms with Crippen LogP contribution in [0.15, 0.2) is 35.7 Å². The summed E-state index contributed by atoms with van der Waals surface area (Å²) in [6.45, 7) is 7.70. The molecule has 0 saturated carbocycles. The van der Waals surface area contributed by atoms with Crippen LogP contribution in [0.3, 0.4) is 0 Å². The van der Waals surface area contributed by atoms with Crippen molar-refractivity contribution in [3.63, 3.8) is 0 Å². The molecule has 2 rings (SSSR count). The van der Waals surface area contributed by atoms with Crippen molar-refractivity contribution < 1.29 is 0 Å². The molecule has 1 heterocycles. The van der Waals surface area contributed by atoms with E-state index in [-0.39, 0.29) is 0 Å². The second-order valence-electron chi connectivity index (χ2n) is 4.84. The molecular weight excluding hydrogens is 278 g/mol. The third-order valence-electron chi connectivity index (χ3n) is 3.41. The Labute approximate surface area is 130 Å². The Morgan fingerprint density at radius 3 is 2.76 bits per heavy atom. The summed E-state index contributed by atoms with van der Waals surface area (Å²) in [5.41, 5.74) is 2.93. The van der Waals surface area contributed by atoms with Gasteiger partial charge in [0.15, 0.2) is 0 Å². The van der Waals surface area contributed by atoms with Gasteiger partial charge in [-0.25, -0.2) is 0 Å². The van der Waals surface area contributed by atoms with Gasteiger partial charge in [0.25, 0.3) is 0 Å². The van der Waals surface area contributed by atoms with E-state index < -0.39 is 0 Å². The Bertz CT molecular complexity index is 599. The van der Waals surface area contributed by atoms with Gasteiger partial charge in [-0.05, 0) is 42.6 Å². The highest BCUT2D eigenvalue weighted by Gasteiger charge is 2.11. The van der Waals surface area contributed by atoms with Gasteiger partial charge in [-0.1, -0.05) is 19.1 Å². The number of benzene rings is 1. The van der Waals surface area contributed by atoms with Gasteiger partial charge < -0.3 is 10.2 Å². The fraction of sp³-hybridized carbons (Fsp3) is 0.353. The highest BCUT2D eigenvalue weighted by atomic mass is 32.1.